The molecule has 0 aliphatic rings. The maximum Gasteiger partial charge on any atom is 0.314 e. The molecule has 0 atom stereocenters. The van der Waals surface area contributed by atoms with E-state index in [1.807, 2.05) is 46.8 Å². The van der Waals surface area contributed by atoms with E-state index in [4.69, 9.17) is 9.47 Å². The van der Waals surface area contributed by atoms with Crippen molar-refractivity contribution >= 4 is 23.2 Å². The summed E-state index contributed by atoms with van der Waals surface area (Å²) in [6.07, 6.45) is 0. The summed E-state index contributed by atoms with van der Waals surface area (Å²) in [5, 5.41) is 5.28. The van der Waals surface area contributed by atoms with Crippen LogP contribution in [0.2, 0.25) is 0 Å². The van der Waals surface area contributed by atoms with Crippen LogP contribution >= 0.6 is 0 Å². The third-order valence-electron chi connectivity index (χ3n) is 3.92. The lowest BCUT2D eigenvalue weighted by molar-refractivity contribution is -0.133. The van der Waals surface area contributed by atoms with Gasteiger partial charge >= 0.3 is 11.8 Å². The molecule has 0 aliphatic carbocycles. The first kappa shape index (κ1) is 20.3. The summed E-state index contributed by atoms with van der Waals surface area (Å²) in [7, 11) is 0. The predicted molar refractivity (Wildman–Crippen MR) is 107 cm³/mol. The molecule has 0 saturated heterocycles. The maximum atomic E-state index is 12.3. The average Bonchev–Trinajstić information content (AvgIpc) is 2.60. The molecule has 2 aromatic rings. The number of aryl methyl sites for hydroxylation is 3. The van der Waals surface area contributed by atoms with Gasteiger partial charge in [0.2, 0.25) is 0 Å². The van der Waals surface area contributed by atoms with Gasteiger partial charge in [-0.2, -0.15) is 0 Å². The van der Waals surface area contributed by atoms with Gasteiger partial charge in [0.1, 0.15) is 0 Å². The Labute approximate surface area is 159 Å². The second-order valence-electron chi connectivity index (χ2n) is 6.21. The topological polar surface area (TPSA) is 76.7 Å². The molecule has 0 aromatic heterocycles. The van der Waals surface area contributed by atoms with E-state index in [0.717, 1.165) is 16.7 Å². The third kappa shape index (κ3) is 5.23. The zero-order valence-electron chi connectivity index (χ0n) is 16.4. The molecule has 2 aromatic carbocycles. The summed E-state index contributed by atoms with van der Waals surface area (Å²) in [5.41, 5.74) is 4.04. The number of carbonyl (C=O) groups excluding carboxylic acids is 2. The first-order valence-electron chi connectivity index (χ1n) is 8.95. The van der Waals surface area contributed by atoms with Crippen molar-refractivity contribution in [3.8, 4) is 11.5 Å². The monoisotopic (exact) mass is 370 g/mol. The van der Waals surface area contributed by atoms with E-state index in [-0.39, 0.29) is 0 Å². The lowest BCUT2D eigenvalue weighted by Crippen LogP contribution is -2.29. The van der Waals surface area contributed by atoms with E-state index in [1.165, 1.54) is 0 Å². The van der Waals surface area contributed by atoms with Crippen molar-refractivity contribution in [2.75, 3.05) is 23.8 Å². The average molecular weight is 370 g/mol. The van der Waals surface area contributed by atoms with Gasteiger partial charge in [-0.15, -0.1) is 0 Å². The summed E-state index contributed by atoms with van der Waals surface area (Å²) in [5.74, 6) is -0.367. The van der Waals surface area contributed by atoms with Crippen LogP contribution < -0.4 is 20.1 Å². The van der Waals surface area contributed by atoms with Gasteiger partial charge in [-0.25, -0.2) is 0 Å². The van der Waals surface area contributed by atoms with E-state index in [1.54, 1.807) is 18.2 Å². The van der Waals surface area contributed by atoms with Gasteiger partial charge in [-0.1, -0.05) is 17.7 Å². The highest BCUT2D eigenvalue weighted by molar-refractivity contribution is 6.43. The largest absolute Gasteiger partial charge is 0.490 e. The number of hydrogen-bond acceptors (Lipinski definition) is 4. The fourth-order valence-corrected chi connectivity index (χ4v) is 2.86. The summed E-state index contributed by atoms with van der Waals surface area (Å²) in [6.45, 7) is 10.5. The molecule has 6 nitrogen and oxygen atoms in total. The van der Waals surface area contributed by atoms with Crippen LogP contribution in [0.4, 0.5) is 11.4 Å². The number of benzene rings is 2. The molecule has 144 valence electrons. The Morgan fingerprint density at radius 3 is 1.96 bits per heavy atom. The Hall–Kier alpha value is -3.02. The number of rotatable bonds is 6. The number of nitrogens with one attached hydrogen (secondary N) is 2. The number of hydrogen-bond donors (Lipinski definition) is 2. The van der Waals surface area contributed by atoms with Crippen LogP contribution in [0, 0.1) is 20.8 Å². The minimum atomic E-state index is -0.749. The van der Waals surface area contributed by atoms with E-state index in [2.05, 4.69) is 10.6 Å². The van der Waals surface area contributed by atoms with Crippen LogP contribution in [0.3, 0.4) is 0 Å². The molecule has 0 spiro atoms. The number of carbonyl (C=O) groups is 2. The Bertz CT molecular complexity index is 823. The van der Waals surface area contributed by atoms with Crippen molar-refractivity contribution in [2.24, 2.45) is 0 Å². The minimum Gasteiger partial charge on any atom is -0.490 e. The first-order chi connectivity index (χ1) is 12.8. The lowest BCUT2D eigenvalue weighted by atomic mass is 10.1. The summed E-state index contributed by atoms with van der Waals surface area (Å²) < 4.78 is 11.0. The lowest BCUT2D eigenvalue weighted by Gasteiger charge is -2.14. The van der Waals surface area contributed by atoms with Crippen molar-refractivity contribution in [3.63, 3.8) is 0 Å². The molecule has 2 amide bonds. The SMILES string of the molecule is CCOc1ccc(NC(=O)C(=O)Nc2c(C)cc(C)cc2C)cc1OCC. The number of ether oxygens (including phenoxy) is 2. The van der Waals surface area contributed by atoms with Crippen LogP contribution in [-0.2, 0) is 9.59 Å². The summed E-state index contributed by atoms with van der Waals surface area (Å²) in [4.78, 5) is 24.6. The summed E-state index contributed by atoms with van der Waals surface area (Å²) >= 11 is 0. The van der Waals surface area contributed by atoms with Crippen LogP contribution in [-0.4, -0.2) is 25.0 Å². The van der Waals surface area contributed by atoms with Gasteiger partial charge < -0.3 is 20.1 Å². The quantitative estimate of drug-likeness (QED) is 0.754. The van der Waals surface area contributed by atoms with Crippen molar-refractivity contribution in [1.82, 2.24) is 0 Å². The minimum absolute atomic E-state index is 0.458. The molecule has 0 saturated carbocycles. The van der Waals surface area contributed by atoms with Crippen molar-refractivity contribution < 1.29 is 19.1 Å². The van der Waals surface area contributed by atoms with Crippen molar-refractivity contribution in [2.45, 2.75) is 34.6 Å². The molecule has 0 bridgehead atoms. The van der Waals surface area contributed by atoms with Crippen LogP contribution in [0.25, 0.3) is 0 Å². The van der Waals surface area contributed by atoms with Gasteiger partial charge in [-0.3, -0.25) is 9.59 Å². The molecule has 0 radical (unpaired) electrons. The van der Waals surface area contributed by atoms with Crippen LogP contribution in [0.5, 0.6) is 11.5 Å². The van der Waals surface area contributed by atoms with Crippen molar-refractivity contribution in [1.29, 1.82) is 0 Å². The molecule has 27 heavy (non-hydrogen) atoms. The third-order valence-corrected chi connectivity index (χ3v) is 3.92. The molecule has 0 heterocycles. The molecule has 0 aliphatic heterocycles. The second kappa shape index (κ2) is 9.07. The van der Waals surface area contributed by atoms with Gasteiger partial charge in [0, 0.05) is 17.4 Å². The number of amides is 2. The van der Waals surface area contributed by atoms with E-state index < -0.39 is 11.8 Å². The fraction of sp³-hybridized carbons (Fsp3) is 0.333. The van der Waals surface area contributed by atoms with Gasteiger partial charge in [0.05, 0.1) is 13.2 Å². The molecule has 2 N–H and O–H groups in total. The van der Waals surface area contributed by atoms with E-state index in [0.29, 0.717) is 36.1 Å². The Balaban J connectivity index is 2.12. The fourth-order valence-electron chi connectivity index (χ4n) is 2.86. The zero-order valence-corrected chi connectivity index (χ0v) is 16.4. The van der Waals surface area contributed by atoms with Crippen LogP contribution in [0.1, 0.15) is 30.5 Å². The highest BCUT2D eigenvalue weighted by Crippen LogP contribution is 2.30. The molecule has 2 rings (SSSR count). The maximum absolute atomic E-state index is 12.3. The van der Waals surface area contributed by atoms with E-state index in [9.17, 15) is 9.59 Å². The Morgan fingerprint density at radius 2 is 1.37 bits per heavy atom. The smallest absolute Gasteiger partial charge is 0.314 e. The Morgan fingerprint density at radius 1 is 0.815 bits per heavy atom. The highest BCUT2D eigenvalue weighted by Gasteiger charge is 2.17. The summed E-state index contributed by atoms with van der Waals surface area (Å²) in [6, 6.07) is 8.93. The molecule has 0 fully saturated rings. The Kier molecular flexibility index (Phi) is 6.82. The molecule has 0 unspecified atom stereocenters. The molecule has 6 heteroatoms. The number of anilines is 2. The van der Waals surface area contributed by atoms with Gasteiger partial charge in [0.15, 0.2) is 11.5 Å². The first-order valence-corrected chi connectivity index (χ1v) is 8.95. The van der Waals surface area contributed by atoms with Crippen molar-refractivity contribution in [3.05, 3.63) is 47.0 Å². The molecular weight excluding hydrogens is 344 g/mol. The molecular formula is C21H26N2O4. The van der Waals surface area contributed by atoms with E-state index >= 15 is 0 Å². The zero-order chi connectivity index (χ0) is 20.0. The second-order valence-corrected chi connectivity index (χ2v) is 6.21. The van der Waals surface area contributed by atoms with Gasteiger partial charge in [0.25, 0.3) is 0 Å². The standard InChI is InChI=1S/C21H26N2O4/c1-6-26-17-9-8-16(12-18(17)27-7-2)22-20(24)21(25)23-19-14(4)10-13(3)11-15(19)5/h8-12H,6-7H2,1-5H3,(H,22,24)(H,23,25). The highest BCUT2D eigenvalue weighted by atomic mass is 16.5. The van der Waals surface area contributed by atoms with Crippen LogP contribution in [0.15, 0.2) is 30.3 Å². The van der Waals surface area contributed by atoms with Gasteiger partial charge in [-0.05, 0) is 57.9 Å². The predicted octanol–water partition coefficient (Wildman–Crippen LogP) is 3.99. The normalized spacial score (nSPS) is 10.3.